The summed E-state index contributed by atoms with van der Waals surface area (Å²) in [4.78, 5) is 23.2. The summed E-state index contributed by atoms with van der Waals surface area (Å²) in [6.07, 6.45) is 2.71. The third-order valence-corrected chi connectivity index (χ3v) is 4.47. The molecule has 1 aromatic carbocycles. The quantitative estimate of drug-likeness (QED) is 0.801. The second-order valence-electron chi connectivity index (χ2n) is 4.87. The van der Waals surface area contributed by atoms with Gasteiger partial charge in [0, 0.05) is 9.49 Å². The minimum atomic E-state index is -0.785. The van der Waals surface area contributed by atoms with Crippen molar-refractivity contribution in [1.29, 1.82) is 0 Å². The standard InChI is InChI=1S/C14H16INO3/c15-11-6-1-2-7-12(11)16-13(17)9-4-3-5-10(8-9)14(18)19/h1-2,6-7,9-10H,3-5,8H2,(H,16,17)(H,18,19). The second kappa shape index (κ2) is 6.36. The molecule has 0 saturated heterocycles. The van der Waals surface area contributed by atoms with Gasteiger partial charge in [0.2, 0.25) is 5.91 Å². The highest BCUT2D eigenvalue weighted by atomic mass is 127. The molecular weight excluding hydrogens is 357 g/mol. The predicted molar refractivity (Wildman–Crippen MR) is 80.9 cm³/mol. The molecule has 0 spiro atoms. The Morgan fingerprint density at radius 1 is 1.21 bits per heavy atom. The SMILES string of the molecule is O=C(O)C1CCCC(C(=O)Nc2ccccc2I)C1. The molecule has 2 N–H and O–H groups in total. The fourth-order valence-electron chi connectivity index (χ4n) is 2.45. The van der Waals surface area contributed by atoms with Gasteiger partial charge in [0.1, 0.15) is 0 Å². The highest BCUT2D eigenvalue weighted by Crippen LogP contribution is 2.30. The van der Waals surface area contributed by atoms with Gasteiger partial charge < -0.3 is 10.4 Å². The van der Waals surface area contributed by atoms with E-state index in [1.165, 1.54) is 0 Å². The first-order valence-electron chi connectivity index (χ1n) is 6.36. The molecule has 1 fully saturated rings. The van der Waals surface area contributed by atoms with Crippen LogP contribution in [0.2, 0.25) is 0 Å². The zero-order chi connectivity index (χ0) is 13.8. The third-order valence-electron chi connectivity index (χ3n) is 3.53. The summed E-state index contributed by atoms with van der Waals surface area (Å²) in [6, 6.07) is 7.57. The van der Waals surface area contributed by atoms with Crippen molar-refractivity contribution < 1.29 is 14.7 Å². The monoisotopic (exact) mass is 373 g/mol. The molecule has 1 aliphatic carbocycles. The predicted octanol–water partition coefficient (Wildman–Crippen LogP) is 3.12. The summed E-state index contributed by atoms with van der Waals surface area (Å²) in [6.45, 7) is 0. The smallest absolute Gasteiger partial charge is 0.306 e. The molecule has 1 aliphatic rings. The largest absolute Gasteiger partial charge is 0.481 e. The number of carboxylic acids is 1. The van der Waals surface area contributed by atoms with Crippen LogP contribution in [0.1, 0.15) is 25.7 Å². The first-order chi connectivity index (χ1) is 9.08. The molecule has 1 saturated carbocycles. The number of hydrogen-bond acceptors (Lipinski definition) is 2. The average Bonchev–Trinajstić information content (AvgIpc) is 2.41. The summed E-state index contributed by atoms with van der Waals surface area (Å²) in [5.74, 6) is -1.41. The number of halogens is 1. The molecule has 1 aromatic rings. The highest BCUT2D eigenvalue weighted by Gasteiger charge is 2.31. The summed E-state index contributed by atoms with van der Waals surface area (Å²) in [7, 11) is 0. The molecular formula is C14H16INO3. The van der Waals surface area contributed by atoms with Crippen molar-refractivity contribution in [3.05, 3.63) is 27.8 Å². The third kappa shape index (κ3) is 3.68. The van der Waals surface area contributed by atoms with E-state index in [-0.39, 0.29) is 17.7 Å². The normalized spacial score (nSPS) is 22.8. The summed E-state index contributed by atoms with van der Waals surface area (Å²) >= 11 is 2.17. The Labute approximate surface area is 125 Å². The van der Waals surface area contributed by atoms with E-state index < -0.39 is 5.97 Å². The number of rotatable bonds is 3. The van der Waals surface area contributed by atoms with Crippen LogP contribution in [0.5, 0.6) is 0 Å². The number of nitrogens with one attached hydrogen (secondary N) is 1. The Bertz CT molecular complexity index is 489. The van der Waals surface area contributed by atoms with Gasteiger partial charge in [-0.3, -0.25) is 9.59 Å². The van der Waals surface area contributed by atoms with Crippen molar-refractivity contribution in [3.63, 3.8) is 0 Å². The average molecular weight is 373 g/mol. The fourth-order valence-corrected chi connectivity index (χ4v) is 2.97. The Morgan fingerprint density at radius 3 is 2.58 bits per heavy atom. The van der Waals surface area contributed by atoms with Crippen molar-refractivity contribution in [2.45, 2.75) is 25.7 Å². The van der Waals surface area contributed by atoms with E-state index in [1.54, 1.807) is 0 Å². The Balaban J connectivity index is 2.00. The Hall–Kier alpha value is -1.11. The number of benzene rings is 1. The number of amides is 1. The van der Waals surface area contributed by atoms with Crippen molar-refractivity contribution in [3.8, 4) is 0 Å². The molecule has 102 valence electrons. The van der Waals surface area contributed by atoms with Gasteiger partial charge in [0.05, 0.1) is 11.6 Å². The number of para-hydroxylation sites is 1. The summed E-state index contributed by atoms with van der Waals surface area (Å²) < 4.78 is 0.985. The van der Waals surface area contributed by atoms with Crippen molar-refractivity contribution >= 4 is 40.2 Å². The van der Waals surface area contributed by atoms with Crippen LogP contribution in [0.3, 0.4) is 0 Å². The van der Waals surface area contributed by atoms with Gasteiger partial charge in [-0.15, -0.1) is 0 Å². The summed E-state index contributed by atoms with van der Waals surface area (Å²) in [5, 5.41) is 11.9. The van der Waals surface area contributed by atoms with Crippen LogP contribution in [0.4, 0.5) is 5.69 Å². The molecule has 0 bridgehead atoms. The van der Waals surface area contributed by atoms with Crippen molar-refractivity contribution in [2.24, 2.45) is 11.8 Å². The van der Waals surface area contributed by atoms with Crippen LogP contribution in [0.25, 0.3) is 0 Å². The number of anilines is 1. The lowest BCUT2D eigenvalue weighted by Crippen LogP contribution is -2.31. The van der Waals surface area contributed by atoms with E-state index >= 15 is 0 Å². The lowest BCUT2D eigenvalue weighted by atomic mass is 9.81. The molecule has 0 radical (unpaired) electrons. The maximum Gasteiger partial charge on any atom is 0.306 e. The molecule has 0 aromatic heterocycles. The number of carboxylic acid groups (broad SMARTS) is 1. The molecule has 2 rings (SSSR count). The van der Waals surface area contributed by atoms with E-state index in [9.17, 15) is 9.59 Å². The molecule has 0 aliphatic heterocycles. The van der Waals surface area contributed by atoms with Gasteiger partial charge in [0.25, 0.3) is 0 Å². The van der Waals surface area contributed by atoms with E-state index in [0.717, 1.165) is 22.1 Å². The van der Waals surface area contributed by atoms with Crippen LogP contribution in [0, 0.1) is 15.4 Å². The van der Waals surface area contributed by atoms with Gasteiger partial charge in [-0.05, 0) is 54.0 Å². The molecule has 4 nitrogen and oxygen atoms in total. The molecule has 2 atom stereocenters. The summed E-state index contributed by atoms with van der Waals surface area (Å²) in [5.41, 5.74) is 0.797. The van der Waals surface area contributed by atoms with E-state index in [1.807, 2.05) is 24.3 Å². The van der Waals surface area contributed by atoms with E-state index in [4.69, 9.17) is 5.11 Å². The van der Waals surface area contributed by atoms with Crippen LogP contribution in [-0.2, 0) is 9.59 Å². The first-order valence-corrected chi connectivity index (χ1v) is 7.44. The molecule has 19 heavy (non-hydrogen) atoms. The van der Waals surface area contributed by atoms with E-state index in [2.05, 4.69) is 27.9 Å². The molecule has 2 unspecified atom stereocenters. The van der Waals surface area contributed by atoms with Crippen LogP contribution in [-0.4, -0.2) is 17.0 Å². The molecule has 0 heterocycles. The number of aliphatic carboxylic acids is 1. The maximum atomic E-state index is 12.2. The number of hydrogen-bond donors (Lipinski definition) is 2. The molecule has 5 heteroatoms. The minimum absolute atomic E-state index is 0.0601. The zero-order valence-corrected chi connectivity index (χ0v) is 12.6. The van der Waals surface area contributed by atoms with Crippen LogP contribution in [0.15, 0.2) is 24.3 Å². The zero-order valence-electron chi connectivity index (χ0n) is 10.4. The van der Waals surface area contributed by atoms with E-state index in [0.29, 0.717) is 12.8 Å². The lowest BCUT2D eigenvalue weighted by Gasteiger charge is -2.25. The van der Waals surface area contributed by atoms with Gasteiger partial charge in [-0.25, -0.2) is 0 Å². The van der Waals surface area contributed by atoms with Crippen LogP contribution >= 0.6 is 22.6 Å². The lowest BCUT2D eigenvalue weighted by molar-refractivity contribution is -0.143. The van der Waals surface area contributed by atoms with Gasteiger partial charge >= 0.3 is 5.97 Å². The second-order valence-corrected chi connectivity index (χ2v) is 6.03. The van der Waals surface area contributed by atoms with Gasteiger partial charge in [-0.2, -0.15) is 0 Å². The Kier molecular flexibility index (Phi) is 4.79. The minimum Gasteiger partial charge on any atom is -0.481 e. The highest BCUT2D eigenvalue weighted by molar-refractivity contribution is 14.1. The number of carbonyl (C=O) groups is 2. The van der Waals surface area contributed by atoms with Crippen molar-refractivity contribution in [1.82, 2.24) is 0 Å². The maximum absolute atomic E-state index is 12.2. The number of carbonyl (C=O) groups excluding carboxylic acids is 1. The van der Waals surface area contributed by atoms with Gasteiger partial charge in [0.15, 0.2) is 0 Å². The topological polar surface area (TPSA) is 66.4 Å². The van der Waals surface area contributed by atoms with Gasteiger partial charge in [-0.1, -0.05) is 18.6 Å². The van der Waals surface area contributed by atoms with Crippen LogP contribution < -0.4 is 5.32 Å². The first kappa shape index (κ1) is 14.3. The fraction of sp³-hybridized carbons (Fsp3) is 0.429. The Morgan fingerprint density at radius 2 is 1.89 bits per heavy atom. The molecule has 1 amide bonds. The van der Waals surface area contributed by atoms with Crippen molar-refractivity contribution in [2.75, 3.05) is 5.32 Å².